The minimum atomic E-state index is -0.377. The molecule has 2 heterocycles. The van der Waals surface area contributed by atoms with E-state index in [9.17, 15) is 9.59 Å². The molecule has 3 aromatic rings. The molecule has 0 radical (unpaired) electrons. The van der Waals surface area contributed by atoms with Crippen LogP contribution in [-0.4, -0.2) is 38.3 Å². The third kappa shape index (κ3) is 4.11. The van der Waals surface area contributed by atoms with Crippen LogP contribution in [0.1, 0.15) is 40.5 Å². The van der Waals surface area contributed by atoms with Crippen LogP contribution in [-0.2, 0) is 16.0 Å². The van der Waals surface area contributed by atoms with E-state index in [1.165, 1.54) is 0 Å². The lowest BCUT2D eigenvalue weighted by Gasteiger charge is -2.10. The molecule has 1 aromatic carbocycles. The quantitative estimate of drug-likeness (QED) is 0.672. The van der Waals surface area contributed by atoms with Crippen LogP contribution >= 0.6 is 0 Å². The van der Waals surface area contributed by atoms with E-state index in [4.69, 9.17) is 4.74 Å². The Labute approximate surface area is 156 Å². The molecule has 1 N–H and O–H groups in total. The Kier molecular flexibility index (Phi) is 5.44. The number of nitrogens with zero attached hydrogens (tertiary/aromatic N) is 4. The number of ether oxygens (including phenoxy) is 1. The molecule has 0 saturated carbocycles. The van der Waals surface area contributed by atoms with Gasteiger partial charge < -0.3 is 10.1 Å². The van der Waals surface area contributed by atoms with Gasteiger partial charge in [0.05, 0.1) is 17.9 Å². The molecule has 27 heavy (non-hydrogen) atoms. The molecule has 0 unspecified atom stereocenters. The first-order chi connectivity index (χ1) is 13.0. The number of rotatable bonds is 6. The SMILES string of the molecule is CCOC(=O)c1ccc(NC(=O)CCc2c(C)nn3cnnc3c2C)cc1. The summed E-state index contributed by atoms with van der Waals surface area (Å²) >= 11 is 0. The zero-order valence-corrected chi connectivity index (χ0v) is 15.5. The van der Waals surface area contributed by atoms with E-state index < -0.39 is 0 Å². The third-order valence-electron chi connectivity index (χ3n) is 4.29. The number of aryl methyl sites for hydroxylation is 2. The van der Waals surface area contributed by atoms with Crippen LogP contribution < -0.4 is 5.32 Å². The molecule has 0 atom stereocenters. The number of aromatic nitrogens is 4. The fourth-order valence-electron chi connectivity index (χ4n) is 2.91. The summed E-state index contributed by atoms with van der Waals surface area (Å²) in [4.78, 5) is 23.9. The van der Waals surface area contributed by atoms with Crippen molar-refractivity contribution >= 4 is 23.2 Å². The van der Waals surface area contributed by atoms with Crippen molar-refractivity contribution in [2.45, 2.75) is 33.6 Å². The molecule has 0 spiro atoms. The molecule has 0 aliphatic carbocycles. The smallest absolute Gasteiger partial charge is 0.338 e. The molecule has 1 amide bonds. The normalized spacial score (nSPS) is 10.8. The first-order valence-corrected chi connectivity index (χ1v) is 8.72. The van der Waals surface area contributed by atoms with Crippen LogP contribution in [0, 0.1) is 13.8 Å². The molecular weight excluding hydrogens is 346 g/mol. The van der Waals surface area contributed by atoms with Gasteiger partial charge in [-0.2, -0.15) is 5.10 Å². The summed E-state index contributed by atoms with van der Waals surface area (Å²) in [6, 6.07) is 6.63. The second kappa shape index (κ2) is 7.94. The van der Waals surface area contributed by atoms with Gasteiger partial charge in [-0.3, -0.25) is 4.79 Å². The number of carbonyl (C=O) groups excluding carboxylic acids is 2. The van der Waals surface area contributed by atoms with Crippen molar-refractivity contribution in [2.75, 3.05) is 11.9 Å². The van der Waals surface area contributed by atoms with Gasteiger partial charge in [0, 0.05) is 17.7 Å². The van der Waals surface area contributed by atoms with Crippen LogP contribution in [0.25, 0.3) is 5.65 Å². The Morgan fingerprint density at radius 3 is 2.63 bits per heavy atom. The topological polar surface area (TPSA) is 98.5 Å². The maximum Gasteiger partial charge on any atom is 0.338 e. The summed E-state index contributed by atoms with van der Waals surface area (Å²) in [5, 5.41) is 15.2. The van der Waals surface area contributed by atoms with Crippen molar-refractivity contribution in [3.05, 3.63) is 53.0 Å². The summed E-state index contributed by atoms with van der Waals surface area (Å²) in [6.45, 7) is 5.95. The summed E-state index contributed by atoms with van der Waals surface area (Å²) in [5.74, 6) is -0.489. The molecule has 8 nitrogen and oxygen atoms in total. The Balaban J connectivity index is 1.62. The predicted octanol–water partition coefficient (Wildman–Crippen LogP) is 2.49. The molecular formula is C19H21N5O3. The predicted molar refractivity (Wildman–Crippen MR) is 99.6 cm³/mol. The van der Waals surface area contributed by atoms with Crippen LogP contribution in [0.15, 0.2) is 30.6 Å². The number of fused-ring (bicyclic) bond motifs is 1. The fraction of sp³-hybridized carbons (Fsp3) is 0.316. The van der Waals surface area contributed by atoms with Gasteiger partial charge >= 0.3 is 5.97 Å². The standard InChI is InChI=1S/C19H21N5O3/c1-4-27-19(26)14-5-7-15(8-6-14)21-17(25)10-9-16-12(2)18-22-20-11-24(18)23-13(16)3/h5-8,11H,4,9-10H2,1-3H3,(H,21,25). The number of hydrogen-bond donors (Lipinski definition) is 1. The zero-order valence-electron chi connectivity index (χ0n) is 15.5. The summed E-state index contributed by atoms with van der Waals surface area (Å²) in [6.07, 6.45) is 2.43. The Morgan fingerprint density at radius 2 is 1.93 bits per heavy atom. The van der Waals surface area contributed by atoms with Crippen molar-refractivity contribution < 1.29 is 14.3 Å². The molecule has 0 bridgehead atoms. The lowest BCUT2D eigenvalue weighted by Crippen LogP contribution is -2.14. The Bertz CT molecular complexity index is 979. The van der Waals surface area contributed by atoms with E-state index in [1.54, 1.807) is 42.0 Å². The van der Waals surface area contributed by atoms with Crippen LogP contribution in [0.2, 0.25) is 0 Å². The molecule has 140 valence electrons. The van der Waals surface area contributed by atoms with E-state index in [1.807, 2.05) is 13.8 Å². The van der Waals surface area contributed by atoms with Crippen LogP contribution in [0.3, 0.4) is 0 Å². The first-order valence-electron chi connectivity index (χ1n) is 8.72. The van der Waals surface area contributed by atoms with Crippen molar-refractivity contribution in [3.8, 4) is 0 Å². The number of benzene rings is 1. The lowest BCUT2D eigenvalue weighted by atomic mass is 10.0. The van der Waals surface area contributed by atoms with E-state index in [0.717, 1.165) is 16.8 Å². The molecule has 0 fully saturated rings. The summed E-state index contributed by atoms with van der Waals surface area (Å²) in [7, 11) is 0. The van der Waals surface area contributed by atoms with Gasteiger partial charge in [0.1, 0.15) is 6.33 Å². The minimum absolute atomic E-state index is 0.112. The van der Waals surface area contributed by atoms with Gasteiger partial charge in [0.15, 0.2) is 5.65 Å². The average Bonchev–Trinajstić information content (AvgIpc) is 3.11. The maximum absolute atomic E-state index is 12.3. The number of esters is 1. The largest absolute Gasteiger partial charge is 0.462 e. The summed E-state index contributed by atoms with van der Waals surface area (Å²) < 4.78 is 6.58. The number of amides is 1. The highest BCUT2D eigenvalue weighted by Gasteiger charge is 2.13. The highest BCUT2D eigenvalue weighted by Crippen LogP contribution is 2.18. The van der Waals surface area contributed by atoms with Gasteiger partial charge in [0.25, 0.3) is 0 Å². The van der Waals surface area contributed by atoms with Gasteiger partial charge in [0.2, 0.25) is 5.91 Å². The molecule has 0 aliphatic heterocycles. The van der Waals surface area contributed by atoms with E-state index in [0.29, 0.717) is 36.3 Å². The number of nitrogens with one attached hydrogen (secondary N) is 1. The second-order valence-electron chi connectivity index (χ2n) is 6.13. The summed E-state index contributed by atoms with van der Waals surface area (Å²) in [5.41, 5.74) is 4.62. The van der Waals surface area contributed by atoms with Gasteiger partial charge in [-0.05, 0) is 57.0 Å². The van der Waals surface area contributed by atoms with Crippen molar-refractivity contribution in [1.29, 1.82) is 0 Å². The zero-order chi connectivity index (χ0) is 19.4. The van der Waals surface area contributed by atoms with Crippen LogP contribution in [0.5, 0.6) is 0 Å². The number of carbonyl (C=O) groups is 2. The minimum Gasteiger partial charge on any atom is -0.462 e. The average molecular weight is 367 g/mol. The molecule has 0 saturated heterocycles. The van der Waals surface area contributed by atoms with E-state index in [2.05, 4.69) is 20.6 Å². The number of hydrogen-bond acceptors (Lipinski definition) is 6. The molecule has 8 heteroatoms. The van der Waals surface area contributed by atoms with Gasteiger partial charge in [-0.25, -0.2) is 9.31 Å². The fourth-order valence-corrected chi connectivity index (χ4v) is 2.91. The Hall–Kier alpha value is -3.29. The van der Waals surface area contributed by atoms with Gasteiger partial charge in [-0.15, -0.1) is 10.2 Å². The van der Waals surface area contributed by atoms with Gasteiger partial charge in [-0.1, -0.05) is 0 Å². The highest BCUT2D eigenvalue weighted by atomic mass is 16.5. The maximum atomic E-state index is 12.3. The monoisotopic (exact) mass is 367 g/mol. The molecule has 3 rings (SSSR count). The molecule has 2 aromatic heterocycles. The van der Waals surface area contributed by atoms with Crippen molar-refractivity contribution in [3.63, 3.8) is 0 Å². The number of anilines is 1. The van der Waals surface area contributed by atoms with Crippen molar-refractivity contribution in [2.24, 2.45) is 0 Å². The second-order valence-corrected chi connectivity index (χ2v) is 6.13. The van der Waals surface area contributed by atoms with Crippen molar-refractivity contribution in [1.82, 2.24) is 19.8 Å². The first kappa shape index (κ1) is 18.5. The third-order valence-corrected chi connectivity index (χ3v) is 4.29. The highest BCUT2D eigenvalue weighted by molar-refractivity contribution is 5.93. The Morgan fingerprint density at radius 1 is 1.19 bits per heavy atom. The van der Waals surface area contributed by atoms with E-state index in [-0.39, 0.29) is 11.9 Å². The lowest BCUT2D eigenvalue weighted by molar-refractivity contribution is -0.116. The molecule has 0 aliphatic rings. The van der Waals surface area contributed by atoms with E-state index >= 15 is 0 Å². The van der Waals surface area contributed by atoms with Crippen LogP contribution in [0.4, 0.5) is 5.69 Å².